The molecule has 1 unspecified atom stereocenters. The van der Waals surface area contributed by atoms with E-state index in [0.717, 1.165) is 69.8 Å². The summed E-state index contributed by atoms with van der Waals surface area (Å²) in [6.07, 6.45) is 4.53. The molecule has 1 aliphatic heterocycles. The molecule has 2 N–H and O–H groups in total. The van der Waals surface area contributed by atoms with Crippen LogP contribution >= 0.6 is 0 Å². The molecule has 0 aromatic carbocycles. The molecule has 1 aliphatic rings. The predicted octanol–water partition coefficient (Wildman–Crippen LogP) is 1.14. The van der Waals surface area contributed by atoms with Gasteiger partial charge in [-0.25, -0.2) is 9.97 Å². The minimum atomic E-state index is 0.272. The smallest absolute Gasteiger partial charge is 0.225 e. The molecule has 1 atom stereocenters. The third-order valence-corrected chi connectivity index (χ3v) is 5.79. The second kappa shape index (κ2) is 11.1. The van der Waals surface area contributed by atoms with E-state index in [1.807, 2.05) is 17.8 Å². The molecule has 0 aliphatic carbocycles. The van der Waals surface area contributed by atoms with Crippen LogP contribution in [0.3, 0.4) is 0 Å². The number of rotatable bonds is 8. The highest BCUT2D eigenvalue weighted by Gasteiger charge is 2.18. The zero-order valence-corrected chi connectivity index (χ0v) is 19.6. The summed E-state index contributed by atoms with van der Waals surface area (Å²) in [6, 6.07) is 2.13. The summed E-state index contributed by atoms with van der Waals surface area (Å²) in [7, 11) is 2.00. The van der Waals surface area contributed by atoms with Gasteiger partial charge in [-0.3, -0.25) is 14.6 Å². The van der Waals surface area contributed by atoms with Crippen molar-refractivity contribution < 1.29 is 0 Å². The number of aromatic nitrogens is 4. The van der Waals surface area contributed by atoms with Crippen LogP contribution in [0.1, 0.15) is 30.8 Å². The van der Waals surface area contributed by atoms with E-state index in [-0.39, 0.29) is 6.04 Å². The molecule has 170 valence electrons. The van der Waals surface area contributed by atoms with Crippen molar-refractivity contribution in [1.82, 2.24) is 35.3 Å². The number of hydrogen-bond donors (Lipinski definition) is 2. The van der Waals surface area contributed by atoms with Gasteiger partial charge < -0.3 is 15.5 Å². The van der Waals surface area contributed by atoms with Gasteiger partial charge in [0.1, 0.15) is 0 Å². The molecule has 2 aromatic rings. The van der Waals surface area contributed by atoms with Crippen molar-refractivity contribution in [3.05, 3.63) is 35.4 Å². The van der Waals surface area contributed by atoms with Gasteiger partial charge in [0.2, 0.25) is 5.95 Å². The topological polar surface area (TPSA) is 86.5 Å². The van der Waals surface area contributed by atoms with Crippen LogP contribution in [0.4, 0.5) is 5.95 Å². The molecule has 1 saturated heterocycles. The maximum atomic E-state index is 4.81. The maximum absolute atomic E-state index is 4.81. The molecule has 3 heterocycles. The Morgan fingerprint density at radius 2 is 1.87 bits per heavy atom. The first-order chi connectivity index (χ1) is 15.0. The molecule has 0 spiro atoms. The maximum Gasteiger partial charge on any atom is 0.225 e. The van der Waals surface area contributed by atoms with Gasteiger partial charge in [-0.2, -0.15) is 5.10 Å². The lowest BCUT2D eigenvalue weighted by Crippen LogP contribution is -2.48. The summed E-state index contributed by atoms with van der Waals surface area (Å²) < 4.78 is 1.96. The van der Waals surface area contributed by atoms with E-state index in [1.54, 1.807) is 12.4 Å². The standard InChI is InChI=1S/C22H37N9/c1-6-23-21(27-17(2)16-20-18(3)28-29(5)19(20)4)24-10-11-30-12-14-31(15-13-30)22-25-8-7-9-26-22/h7-9,17H,6,10-16H2,1-5H3,(H2,23,24,27). The second-order valence-corrected chi connectivity index (χ2v) is 8.16. The fraction of sp³-hybridized carbons (Fsp3) is 0.636. The average Bonchev–Trinajstić information content (AvgIpc) is 3.01. The first-order valence-corrected chi connectivity index (χ1v) is 11.3. The van der Waals surface area contributed by atoms with E-state index in [1.165, 1.54) is 11.3 Å². The van der Waals surface area contributed by atoms with E-state index < -0.39 is 0 Å². The molecular weight excluding hydrogens is 390 g/mol. The Morgan fingerprint density at radius 3 is 2.48 bits per heavy atom. The third kappa shape index (κ3) is 6.40. The van der Waals surface area contributed by atoms with Crippen LogP contribution in [0.15, 0.2) is 23.5 Å². The fourth-order valence-corrected chi connectivity index (χ4v) is 3.95. The van der Waals surface area contributed by atoms with Crippen molar-refractivity contribution in [2.75, 3.05) is 50.7 Å². The Balaban J connectivity index is 1.46. The Hall–Kier alpha value is -2.68. The molecule has 9 heteroatoms. The number of aliphatic imine (C=N–C) groups is 1. The van der Waals surface area contributed by atoms with Crippen molar-refractivity contribution in [3.8, 4) is 0 Å². The Bertz CT molecular complexity index is 838. The summed E-state index contributed by atoms with van der Waals surface area (Å²) in [4.78, 5) is 18.2. The average molecular weight is 428 g/mol. The number of nitrogens with zero attached hydrogens (tertiary/aromatic N) is 7. The highest BCUT2D eigenvalue weighted by molar-refractivity contribution is 5.80. The van der Waals surface area contributed by atoms with E-state index >= 15 is 0 Å². The first-order valence-electron chi connectivity index (χ1n) is 11.3. The van der Waals surface area contributed by atoms with Crippen LogP contribution in [-0.4, -0.2) is 82.5 Å². The van der Waals surface area contributed by atoms with E-state index in [9.17, 15) is 0 Å². The zero-order valence-electron chi connectivity index (χ0n) is 19.6. The van der Waals surface area contributed by atoms with Gasteiger partial charge in [-0.05, 0) is 45.7 Å². The normalized spacial score (nSPS) is 16.4. The molecule has 0 amide bonds. The van der Waals surface area contributed by atoms with Gasteiger partial charge in [0.15, 0.2) is 5.96 Å². The monoisotopic (exact) mass is 427 g/mol. The van der Waals surface area contributed by atoms with Gasteiger partial charge in [0.25, 0.3) is 0 Å². The van der Waals surface area contributed by atoms with Gasteiger partial charge in [-0.1, -0.05) is 0 Å². The van der Waals surface area contributed by atoms with Crippen LogP contribution in [0.5, 0.6) is 0 Å². The number of anilines is 1. The van der Waals surface area contributed by atoms with Crippen molar-refractivity contribution in [3.63, 3.8) is 0 Å². The fourth-order valence-electron chi connectivity index (χ4n) is 3.95. The van der Waals surface area contributed by atoms with Gasteiger partial charge in [0.05, 0.1) is 12.2 Å². The lowest BCUT2D eigenvalue weighted by atomic mass is 10.1. The number of piperazine rings is 1. The highest BCUT2D eigenvalue weighted by atomic mass is 15.3. The van der Waals surface area contributed by atoms with Crippen LogP contribution in [-0.2, 0) is 13.5 Å². The van der Waals surface area contributed by atoms with Gasteiger partial charge in [0, 0.05) is 70.4 Å². The van der Waals surface area contributed by atoms with Crippen LogP contribution in [0, 0.1) is 13.8 Å². The molecule has 0 radical (unpaired) electrons. The number of aryl methyl sites for hydroxylation is 2. The molecule has 31 heavy (non-hydrogen) atoms. The lowest BCUT2D eigenvalue weighted by Gasteiger charge is -2.34. The predicted molar refractivity (Wildman–Crippen MR) is 126 cm³/mol. The third-order valence-electron chi connectivity index (χ3n) is 5.79. The van der Waals surface area contributed by atoms with Gasteiger partial charge in [-0.15, -0.1) is 0 Å². The minimum Gasteiger partial charge on any atom is -0.357 e. The Morgan fingerprint density at radius 1 is 1.16 bits per heavy atom. The molecule has 9 nitrogen and oxygen atoms in total. The number of hydrogen-bond acceptors (Lipinski definition) is 6. The van der Waals surface area contributed by atoms with E-state index in [4.69, 9.17) is 4.99 Å². The molecule has 1 fully saturated rings. The largest absolute Gasteiger partial charge is 0.357 e. The summed E-state index contributed by atoms with van der Waals surface area (Å²) in [5, 5.41) is 11.5. The first kappa shape index (κ1) is 23.0. The molecule has 0 saturated carbocycles. The number of nitrogens with one attached hydrogen (secondary N) is 2. The van der Waals surface area contributed by atoms with E-state index in [0.29, 0.717) is 0 Å². The van der Waals surface area contributed by atoms with Crippen molar-refractivity contribution in [1.29, 1.82) is 0 Å². The van der Waals surface area contributed by atoms with Crippen molar-refractivity contribution in [2.24, 2.45) is 12.0 Å². The summed E-state index contributed by atoms with van der Waals surface area (Å²) in [5.74, 6) is 1.71. The zero-order chi connectivity index (χ0) is 22.2. The van der Waals surface area contributed by atoms with Crippen LogP contribution < -0.4 is 15.5 Å². The van der Waals surface area contributed by atoms with Crippen molar-refractivity contribution in [2.45, 2.75) is 40.2 Å². The second-order valence-electron chi connectivity index (χ2n) is 8.16. The van der Waals surface area contributed by atoms with Crippen LogP contribution in [0.2, 0.25) is 0 Å². The molecule has 3 rings (SSSR count). The summed E-state index contributed by atoms with van der Waals surface area (Å²) in [6.45, 7) is 15.0. The SMILES string of the molecule is CCNC(=NCCN1CCN(c2ncccn2)CC1)NC(C)Cc1c(C)nn(C)c1C. The van der Waals surface area contributed by atoms with E-state index in [2.05, 4.69) is 63.2 Å². The Labute approximate surface area is 186 Å². The quantitative estimate of drug-likeness (QED) is 0.482. The molecule has 0 bridgehead atoms. The highest BCUT2D eigenvalue weighted by Crippen LogP contribution is 2.14. The molecular formula is C22H37N9. The van der Waals surface area contributed by atoms with Crippen LogP contribution in [0.25, 0.3) is 0 Å². The lowest BCUT2D eigenvalue weighted by molar-refractivity contribution is 0.263. The minimum absolute atomic E-state index is 0.272. The number of guanidine groups is 1. The molecule has 2 aromatic heterocycles. The Kier molecular flexibility index (Phi) is 8.22. The van der Waals surface area contributed by atoms with Gasteiger partial charge >= 0.3 is 0 Å². The van der Waals surface area contributed by atoms with Crippen molar-refractivity contribution >= 4 is 11.9 Å². The summed E-state index contributed by atoms with van der Waals surface area (Å²) >= 11 is 0. The summed E-state index contributed by atoms with van der Waals surface area (Å²) in [5.41, 5.74) is 3.65.